The van der Waals surface area contributed by atoms with E-state index in [0.29, 0.717) is 17.2 Å². The minimum atomic E-state index is -1.24. The molecule has 3 rings (SSSR count). The highest BCUT2D eigenvalue weighted by Gasteiger charge is 2.16. The Labute approximate surface area is 149 Å². The van der Waals surface area contributed by atoms with Gasteiger partial charge in [0.05, 0.1) is 18.0 Å². The molecule has 0 radical (unpaired) electrons. The average Bonchev–Trinajstić information content (AvgIpc) is 2.98. The van der Waals surface area contributed by atoms with Crippen molar-refractivity contribution in [2.45, 2.75) is 26.4 Å². The summed E-state index contributed by atoms with van der Waals surface area (Å²) in [5.41, 5.74) is 2.19. The van der Waals surface area contributed by atoms with Crippen LogP contribution in [0.2, 0.25) is 0 Å². The normalized spacial score (nSPS) is 11.7. The number of aliphatic hydroxyl groups is 1. The van der Waals surface area contributed by atoms with Crippen molar-refractivity contribution in [3.05, 3.63) is 53.3 Å². The Balaban J connectivity index is 2.07. The van der Waals surface area contributed by atoms with Crippen LogP contribution in [0.15, 0.2) is 46.8 Å². The molecule has 0 bridgehead atoms. The van der Waals surface area contributed by atoms with Crippen LogP contribution in [0.4, 0.5) is 11.5 Å². The predicted molar refractivity (Wildman–Crippen MR) is 94.4 cm³/mol. The highest BCUT2D eigenvalue weighted by Crippen LogP contribution is 2.30. The number of imidazole rings is 1. The molecule has 2 heterocycles. The molecular weight excluding hydrogens is 336 g/mol. The molecule has 0 fully saturated rings. The van der Waals surface area contributed by atoms with E-state index >= 15 is 0 Å². The number of carboxylic acids is 1. The molecule has 0 aliphatic heterocycles. The summed E-state index contributed by atoms with van der Waals surface area (Å²) in [6.45, 7) is 3.89. The quantitative estimate of drug-likeness (QED) is 0.602. The first kappa shape index (κ1) is 17.6. The van der Waals surface area contributed by atoms with Crippen LogP contribution in [0.1, 0.15) is 41.4 Å². The third-order valence-corrected chi connectivity index (χ3v) is 3.89. The second-order valence-corrected chi connectivity index (χ2v) is 6.10. The molecule has 0 saturated heterocycles. The summed E-state index contributed by atoms with van der Waals surface area (Å²) in [6, 6.07) is 7.54. The lowest BCUT2D eigenvalue weighted by Gasteiger charge is -2.03. The topological polar surface area (TPSA) is 120 Å². The number of aromatic hydroxyl groups is 1. The minimum Gasteiger partial charge on any atom is -0.507 e. The maximum Gasteiger partial charge on any atom is 0.339 e. The number of phenols is 1. The highest BCUT2D eigenvalue weighted by atomic mass is 16.4. The van der Waals surface area contributed by atoms with E-state index in [1.54, 1.807) is 22.7 Å². The second-order valence-electron chi connectivity index (χ2n) is 6.10. The van der Waals surface area contributed by atoms with Crippen LogP contribution in [-0.4, -0.2) is 30.7 Å². The van der Waals surface area contributed by atoms with E-state index in [4.69, 9.17) is 5.11 Å². The number of fused-ring (bicyclic) bond motifs is 1. The third kappa shape index (κ3) is 3.27. The van der Waals surface area contributed by atoms with Gasteiger partial charge in [-0.3, -0.25) is 4.40 Å². The molecule has 2 aromatic heterocycles. The molecule has 0 aliphatic carbocycles. The summed E-state index contributed by atoms with van der Waals surface area (Å²) >= 11 is 0. The maximum absolute atomic E-state index is 11.1. The Morgan fingerprint density at radius 2 is 2.00 bits per heavy atom. The number of hydrogen-bond donors (Lipinski definition) is 3. The summed E-state index contributed by atoms with van der Waals surface area (Å²) < 4.78 is 1.76. The molecule has 0 atom stereocenters. The van der Waals surface area contributed by atoms with Gasteiger partial charge in [-0.1, -0.05) is 13.8 Å². The number of aromatic carboxylic acids is 1. The van der Waals surface area contributed by atoms with E-state index in [2.05, 4.69) is 15.2 Å². The van der Waals surface area contributed by atoms with Crippen molar-refractivity contribution in [3.8, 4) is 5.75 Å². The highest BCUT2D eigenvalue weighted by molar-refractivity contribution is 5.91. The fraction of sp³-hybridized carbons (Fsp3) is 0.222. The Bertz CT molecular complexity index is 1010. The van der Waals surface area contributed by atoms with E-state index in [0.717, 1.165) is 11.3 Å². The van der Waals surface area contributed by atoms with Gasteiger partial charge in [0.25, 0.3) is 0 Å². The maximum atomic E-state index is 11.1. The molecule has 8 nitrogen and oxygen atoms in total. The van der Waals surface area contributed by atoms with Gasteiger partial charge in [0, 0.05) is 6.20 Å². The molecule has 0 saturated carbocycles. The zero-order chi connectivity index (χ0) is 18.8. The van der Waals surface area contributed by atoms with Gasteiger partial charge in [-0.25, -0.2) is 9.78 Å². The fourth-order valence-electron chi connectivity index (χ4n) is 2.54. The van der Waals surface area contributed by atoms with Crippen molar-refractivity contribution in [2.24, 2.45) is 10.2 Å². The number of carboxylic acid groups (broad SMARTS) is 1. The number of carbonyl (C=O) groups is 1. The zero-order valence-corrected chi connectivity index (χ0v) is 14.3. The summed E-state index contributed by atoms with van der Waals surface area (Å²) in [7, 11) is 0. The largest absolute Gasteiger partial charge is 0.507 e. The second kappa shape index (κ2) is 6.93. The first-order valence-electron chi connectivity index (χ1n) is 8.00. The van der Waals surface area contributed by atoms with Gasteiger partial charge >= 0.3 is 5.97 Å². The zero-order valence-electron chi connectivity index (χ0n) is 14.3. The number of aromatic nitrogens is 2. The van der Waals surface area contributed by atoms with E-state index < -0.39 is 5.97 Å². The van der Waals surface area contributed by atoms with E-state index in [1.807, 2.05) is 13.8 Å². The Morgan fingerprint density at radius 1 is 1.23 bits per heavy atom. The van der Waals surface area contributed by atoms with Crippen molar-refractivity contribution >= 4 is 23.1 Å². The van der Waals surface area contributed by atoms with E-state index in [1.165, 1.54) is 18.2 Å². The standard InChI is InChI=1S/C18H18N4O4/c1-10(2)16-17(22-6-5-11(9-23)7-15(22)19-16)21-20-12-3-4-14(24)13(8-12)18(25)26/h3-8,10,23-24H,9H2,1-2H3,(H,25,26). The van der Waals surface area contributed by atoms with Crippen molar-refractivity contribution < 1.29 is 20.1 Å². The van der Waals surface area contributed by atoms with E-state index in [-0.39, 0.29) is 23.8 Å². The lowest BCUT2D eigenvalue weighted by Crippen LogP contribution is -1.95. The monoisotopic (exact) mass is 354 g/mol. The van der Waals surface area contributed by atoms with Gasteiger partial charge in [0.2, 0.25) is 0 Å². The molecule has 0 amide bonds. The predicted octanol–water partition coefficient (Wildman–Crippen LogP) is 3.77. The van der Waals surface area contributed by atoms with Crippen molar-refractivity contribution in [1.29, 1.82) is 0 Å². The molecule has 3 N–H and O–H groups in total. The van der Waals surface area contributed by atoms with Gasteiger partial charge in [0.15, 0.2) is 5.82 Å². The van der Waals surface area contributed by atoms with Crippen LogP contribution in [0.3, 0.4) is 0 Å². The molecule has 26 heavy (non-hydrogen) atoms. The van der Waals surface area contributed by atoms with Crippen LogP contribution in [-0.2, 0) is 6.61 Å². The number of benzene rings is 1. The average molecular weight is 354 g/mol. The number of hydrogen-bond acceptors (Lipinski definition) is 6. The lowest BCUT2D eigenvalue weighted by molar-refractivity contribution is 0.0693. The first-order chi connectivity index (χ1) is 12.4. The molecule has 0 unspecified atom stereocenters. The van der Waals surface area contributed by atoms with E-state index in [9.17, 15) is 15.0 Å². The number of nitrogens with zero attached hydrogens (tertiary/aromatic N) is 4. The molecule has 1 aromatic carbocycles. The van der Waals surface area contributed by atoms with Gasteiger partial charge in [-0.05, 0) is 41.8 Å². The van der Waals surface area contributed by atoms with Crippen LogP contribution in [0.5, 0.6) is 5.75 Å². The van der Waals surface area contributed by atoms with Crippen LogP contribution >= 0.6 is 0 Å². The smallest absolute Gasteiger partial charge is 0.339 e. The third-order valence-electron chi connectivity index (χ3n) is 3.89. The Kier molecular flexibility index (Phi) is 4.68. The molecular formula is C18H18N4O4. The van der Waals surface area contributed by atoms with Crippen molar-refractivity contribution in [3.63, 3.8) is 0 Å². The molecule has 134 valence electrons. The number of pyridine rings is 1. The van der Waals surface area contributed by atoms with Gasteiger partial charge in [-0.15, -0.1) is 10.2 Å². The van der Waals surface area contributed by atoms with Crippen LogP contribution < -0.4 is 0 Å². The number of rotatable bonds is 5. The minimum absolute atomic E-state index is 0.0807. The van der Waals surface area contributed by atoms with Crippen molar-refractivity contribution in [1.82, 2.24) is 9.38 Å². The fourth-order valence-corrected chi connectivity index (χ4v) is 2.54. The van der Waals surface area contributed by atoms with Crippen LogP contribution in [0, 0.1) is 0 Å². The SMILES string of the molecule is CC(C)c1nc2cc(CO)ccn2c1N=Nc1ccc(O)c(C(=O)O)c1. The number of azo groups is 1. The Hall–Kier alpha value is -3.26. The van der Waals surface area contributed by atoms with Gasteiger partial charge < -0.3 is 15.3 Å². The molecule has 3 aromatic rings. The Morgan fingerprint density at radius 3 is 2.65 bits per heavy atom. The van der Waals surface area contributed by atoms with Crippen LogP contribution in [0.25, 0.3) is 5.65 Å². The molecule has 8 heteroatoms. The van der Waals surface area contributed by atoms with Crippen molar-refractivity contribution in [2.75, 3.05) is 0 Å². The van der Waals surface area contributed by atoms with Gasteiger partial charge in [-0.2, -0.15) is 0 Å². The summed E-state index contributed by atoms with van der Waals surface area (Å²) in [5, 5.41) is 36.3. The number of aliphatic hydroxyl groups excluding tert-OH is 1. The molecule has 0 spiro atoms. The molecule has 0 aliphatic rings. The van der Waals surface area contributed by atoms with Gasteiger partial charge in [0.1, 0.15) is 17.0 Å². The summed E-state index contributed by atoms with van der Waals surface area (Å²) in [6.07, 6.45) is 1.76. The summed E-state index contributed by atoms with van der Waals surface area (Å²) in [5.74, 6) is -0.945. The lowest BCUT2D eigenvalue weighted by atomic mass is 10.1. The first-order valence-corrected chi connectivity index (χ1v) is 8.00. The summed E-state index contributed by atoms with van der Waals surface area (Å²) in [4.78, 5) is 15.7.